The molecule has 0 spiro atoms. The first-order valence-corrected chi connectivity index (χ1v) is 10.4. The van der Waals surface area contributed by atoms with Gasteiger partial charge in [-0.05, 0) is 13.0 Å². The highest BCUT2D eigenvalue weighted by Gasteiger charge is 2.23. The summed E-state index contributed by atoms with van der Waals surface area (Å²) in [6.45, 7) is 2.25. The first-order chi connectivity index (χ1) is 15.6. The fourth-order valence-corrected chi connectivity index (χ4v) is 4.16. The van der Waals surface area contributed by atoms with Gasteiger partial charge in [-0.25, -0.2) is 14.8 Å². The predicted octanol–water partition coefficient (Wildman–Crippen LogP) is 2.64. The number of aromatic amines is 1. The van der Waals surface area contributed by atoms with Crippen LogP contribution in [0.25, 0.3) is 33.2 Å². The molecule has 170 valence electrons. The van der Waals surface area contributed by atoms with Crippen molar-refractivity contribution in [3.8, 4) is 11.1 Å². The van der Waals surface area contributed by atoms with Crippen molar-refractivity contribution in [2.45, 2.75) is 6.92 Å². The van der Waals surface area contributed by atoms with Crippen LogP contribution in [0.2, 0.25) is 5.02 Å². The number of carboxylic acids is 1. The number of amides is 1. The van der Waals surface area contributed by atoms with Crippen molar-refractivity contribution in [1.29, 1.82) is 0 Å². The number of H-pyrrole nitrogens is 1. The molecule has 0 aliphatic rings. The van der Waals surface area contributed by atoms with E-state index in [9.17, 15) is 19.5 Å². The summed E-state index contributed by atoms with van der Waals surface area (Å²) in [5.74, 6) is -1.65. The van der Waals surface area contributed by atoms with Gasteiger partial charge in [0.25, 0.3) is 5.91 Å². The van der Waals surface area contributed by atoms with Gasteiger partial charge >= 0.3 is 5.97 Å². The van der Waals surface area contributed by atoms with Gasteiger partial charge in [0.2, 0.25) is 5.43 Å². The molecule has 0 unspecified atom stereocenters. The Labute approximate surface area is 192 Å². The maximum absolute atomic E-state index is 12.8. The molecule has 4 heterocycles. The second-order valence-electron chi connectivity index (χ2n) is 7.70. The molecule has 0 aromatic carbocycles. The maximum atomic E-state index is 12.8. The van der Waals surface area contributed by atoms with Gasteiger partial charge in [-0.2, -0.15) is 0 Å². The van der Waals surface area contributed by atoms with Crippen LogP contribution in [0.1, 0.15) is 27.8 Å². The number of aryl methyl sites for hydroxylation is 1. The van der Waals surface area contributed by atoms with Gasteiger partial charge in [-0.15, -0.1) is 0 Å². The number of carboxylic acid groups (broad SMARTS) is 1. The van der Waals surface area contributed by atoms with Crippen molar-refractivity contribution < 1.29 is 14.7 Å². The van der Waals surface area contributed by atoms with E-state index in [1.54, 1.807) is 25.5 Å². The smallest absolute Gasteiger partial charge is 0.341 e. The lowest BCUT2D eigenvalue weighted by Gasteiger charge is -2.19. The summed E-state index contributed by atoms with van der Waals surface area (Å²) in [4.78, 5) is 50.4. The fraction of sp³-hybridized carbons (Fsp3) is 0.227. The molecule has 0 aliphatic heterocycles. The van der Waals surface area contributed by atoms with Crippen molar-refractivity contribution in [1.82, 2.24) is 24.8 Å². The van der Waals surface area contributed by atoms with E-state index in [2.05, 4.69) is 20.3 Å². The Morgan fingerprint density at radius 3 is 2.64 bits per heavy atom. The summed E-state index contributed by atoms with van der Waals surface area (Å²) in [5.41, 5.74) is 1.88. The molecule has 1 amide bonds. The molecule has 11 heteroatoms. The quantitative estimate of drug-likeness (QED) is 0.410. The highest BCUT2D eigenvalue weighted by Crippen LogP contribution is 2.40. The summed E-state index contributed by atoms with van der Waals surface area (Å²) in [6, 6.07) is 1.60. The minimum absolute atomic E-state index is 0.169. The minimum atomic E-state index is -1.31. The van der Waals surface area contributed by atoms with Crippen molar-refractivity contribution >= 4 is 51.2 Å². The van der Waals surface area contributed by atoms with E-state index in [1.165, 1.54) is 10.8 Å². The van der Waals surface area contributed by atoms with Crippen LogP contribution >= 0.6 is 11.6 Å². The van der Waals surface area contributed by atoms with Crippen LogP contribution < -0.4 is 15.6 Å². The highest BCUT2D eigenvalue weighted by atomic mass is 35.5. The first-order valence-electron chi connectivity index (χ1n) is 10.0. The van der Waals surface area contributed by atoms with Crippen LogP contribution in [0.3, 0.4) is 0 Å². The number of pyridine rings is 3. The third-order valence-electron chi connectivity index (χ3n) is 5.30. The van der Waals surface area contributed by atoms with Gasteiger partial charge in [0.05, 0.1) is 21.5 Å². The number of halogens is 1. The Balaban J connectivity index is 2.01. The molecule has 0 radical (unpaired) electrons. The number of aromatic nitrogens is 4. The summed E-state index contributed by atoms with van der Waals surface area (Å²) in [5, 5.41) is 13.0. The van der Waals surface area contributed by atoms with Crippen LogP contribution in [0.4, 0.5) is 5.69 Å². The Morgan fingerprint density at radius 1 is 1.27 bits per heavy atom. The molecule has 0 aliphatic carbocycles. The van der Waals surface area contributed by atoms with Crippen molar-refractivity contribution in [2.24, 2.45) is 7.05 Å². The average molecular weight is 469 g/mol. The fourth-order valence-electron chi connectivity index (χ4n) is 3.85. The molecule has 4 aromatic heterocycles. The average Bonchev–Trinajstić information content (AvgIpc) is 3.11. The lowest BCUT2D eigenvalue weighted by Crippen LogP contribution is -2.23. The molecule has 3 N–H and O–H groups in total. The normalized spacial score (nSPS) is 11.2. The second kappa shape index (κ2) is 8.21. The number of fused-ring (bicyclic) bond motifs is 2. The monoisotopic (exact) mass is 468 g/mol. The molecular formula is C22H21ClN6O4. The maximum Gasteiger partial charge on any atom is 0.341 e. The van der Waals surface area contributed by atoms with Crippen molar-refractivity contribution in [3.05, 3.63) is 51.2 Å². The molecule has 0 saturated heterocycles. The molecule has 0 bridgehead atoms. The molecule has 0 saturated carbocycles. The van der Waals surface area contributed by atoms with E-state index in [1.807, 2.05) is 25.9 Å². The first kappa shape index (κ1) is 22.3. The molecule has 0 atom stereocenters. The summed E-state index contributed by atoms with van der Waals surface area (Å²) < 4.78 is 1.50. The molecule has 10 nitrogen and oxygen atoms in total. The van der Waals surface area contributed by atoms with Crippen LogP contribution in [0.15, 0.2) is 29.5 Å². The summed E-state index contributed by atoms with van der Waals surface area (Å²) >= 11 is 6.60. The van der Waals surface area contributed by atoms with E-state index < -0.39 is 11.4 Å². The topological polar surface area (TPSA) is 133 Å². The minimum Gasteiger partial charge on any atom is -0.477 e. The van der Waals surface area contributed by atoms with Crippen molar-refractivity contribution in [2.75, 3.05) is 25.5 Å². The Bertz CT molecular complexity index is 1500. The number of hydrogen-bond acceptors (Lipinski definition) is 6. The van der Waals surface area contributed by atoms with E-state index >= 15 is 0 Å². The molecule has 4 rings (SSSR count). The highest BCUT2D eigenvalue weighted by molar-refractivity contribution is 6.40. The van der Waals surface area contributed by atoms with E-state index in [0.29, 0.717) is 40.0 Å². The van der Waals surface area contributed by atoms with Gasteiger partial charge in [0.1, 0.15) is 22.6 Å². The van der Waals surface area contributed by atoms with Crippen LogP contribution in [-0.2, 0) is 7.05 Å². The summed E-state index contributed by atoms with van der Waals surface area (Å²) in [6.07, 6.45) is 4.44. The van der Waals surface area contributed by atoms with Crippen LogP contribution in [-0.4, -0.2) is 57.1 Å². The SMILES string of the molecule is CCNC(=O)c1[nH]c2ncc(-c3cnc4c(c3)c(=O)c(C(=O)O)cn4C)c(N(C)C)c2c1Cl. The van der Waals surface area contributed by atoms with Crippen LogP contribution in [0, 0.1) is 0 Å². The molecule has 4 aromatic rings. The summed E-state index contributed by atoms with van der Waals surface area (Å²) in [7, 11) is 5.27. The number of carbonyl (C=O) groups is 2. The second-order valence-corrected chi connectivity index (χ2v) is 8.07. The number of rotatable bonds is 5. The van der Waals surface area contributed by atoms with E-state index in [4.69, 9.17) is 11.6 Å². The zero-order chi connectivity index (χ0) is 24.0. The Morgan fingerprint density at radius 2 is 2.00 bits per heavy atom. The number of nitrogens with zero attached hydrogens (tertiary/aromatic N) is 4. The van der Waals surface area contributed by atoms with Gasteiger partial charge < -0.3 is 24.9 Å². The predicted molar refractivity (Wildman–Crippen MR) is 126 cm³/mol. The largest absolute Gasteiger partial charge is 0.477 e. The zero-order valence-electron chi connectivity index (χ0n) is 18.4. The number of hydrogen-bond donors (Lipinski definition) is 3. The molecule has 33 heavy (non-hydrogen) atoms. The van der Waals surface area contributed by atoms with Crippen LogP contribution in [0.5, 0.6) is 0 Å². The van der Waals surface area contributed by atoms with Gasteiger partial charge in [-0.1, -0.05) is 11.6 Å². The third kappa shape index (κ3) is 3.58. The number of carbonyl (C=O) groups excluding carboxylic acids is 1. The number of anilines is 1. The standard InChI is InChI=1S/C22H21ClN6O4/c1-5-24-21(31)16-15(23)14-17(28(2)3)12(8-25-19(14)27-16)10-6-11-18(30)13(22(32)33)9-29(4)20(11)26-7-10/h6-9H,5H2,1-4H3,(H,24,31)(H,25,27)(H,32,33). The van der Waals surface area contributed by atoms with Gasteiger partial charge in [0, 0.05) is 57.4 Å². The van der Waals surface area contributed by atoms with E-state index in [0.717, 1.165) is 0 Å². The molecule has 0 fully saturated rings. The lowest BCUT2D eigenvalue weighted by molar-refractivity contribution is 0.0694. The van der Waals surface area contributed by atoms with Gasteiger partial charge in [0.15, 0.2) is 0 Å². The Kier molecular flexibility index (Phi) is 5.54. The third-order valence-corrected chi connectivity index (χ3v) is 5.68. The van der Waals surface area contributed by atoms with E-state index in [-0.39, 0.29) is 27.6 Å². The van der Waals surface area contributed by atoms with Gasteiger partial charge in [-0.3, -0.25) is 9.59 Å². The Hall–Kier alpha value is -3.92. The van der Waals surface area contributed by atoms with Crippen molar-refractivity contribution in [3.63, 3.8) is 0 Å². The zero-order valence-corrected chi connectivity index (χ0v) is 19.1. The molecular weight excluding hydrogens is 448 g/mol. The number of nitrogens with one attached hydrogen (secondary N) is 2. The lowest BCUT2D eigenvalue weighted by atomic mass is 10.0. The number of aromatic carboxylic acids is 1.